The van der Waals surface area contributed by atoms with Gasteiger partial charge in [0, 0.05) is 11.5 Å². The van der Waals surface area contributed by atoms with Gasteiger partial charge in [-0.1, -0.05) is 20.8 Å². The van der Waals surface area contributed by atoms with E-state index in [0.717, 1.165) is 23.7 Å². The van der Waals surface area contributed by atoms with Crippen molar-refractivity contribution < 1.29 is 9.13 Å². The predicted molar refractivity (Wildman–Crippen MR) is 55.9 cm³/mol. The number of hydrogen-bond donors (Lipinski definition) is 0. The number of halogens is 1. The molecule has 2 heteroatoms. The van der Waals surface area contributed by atoms with Crippen molar-refractivity contribution in [2.75, 3.05) is 6.61 Å². The van der Waals surface area contributed by atoms with E-state index in [9.17, 15) is 4.39 Å². The van der Waals surface area contributed by atoms with Crippen molar-refractivity contribution in [2.45, 2.75) is 27.2 Å². The number of benzene rings is 1. The first-order chi connectivity index (χ1) is 6.65. The highest BCUT2D eigenvalue weighted by Crippen LogP contribution is 2.26. The molecule has 0 saturated carbocycles. The molecule has 0 amide bonds. The zero-order valence-electron chi connectivity index (χ0n) is 8.93. The van der Waals surface area contributed by atoms with Crippen LogP contribution in [0.4, 0.5) is 4.39 Å². The molecule has 0 aromatic heterocycles. The molecule has 77 valence electrons. The molecule has 0 saturated heterocycles. The Bertz CT molecular complexity index is 294. The first-order valence-corrected chi connectivity index (χ1v) is 4.88. The average Bonchev–Trinajstić information content (AvgIpc) is 2.15. The molecule has 0 heterocycles. The van der Waals surface area contributed by atoms with Crippen LogP contribution in [-0.4, -0.2) is 6.61 Å². The van der Waals surface area contributed by atoms with Gasteiger partial charge in [-0.05, 0) is 24.6 Å². The van der Waals surface area contributed by atoms with Crippen molar-refractivity contribution >= 4 is 0 Å². The Labute approximate surface area is 84.9 Å². The summed E-state index contributed by atoms with van der Waals surface area (Å²) in [4.78, 5) is 0. The highest BCUT2D eigenvalue weighted by Gasteiger charge is 2.09. The first kappa shape index (κ1) is 11.0. The van der Waals surface area contributed by atoms with Gasteiger partial charge in [-0.25, -0.2) is 4.39 Å². The predicted octanol–water partition coefficient (Wildman–Crippen LogP) is 3.58. The van der Waals surface area contributed by atoms with E-state index < -0.39 is 0 Å². The summed E-state index contributed by atoms with van der Waals surface area (Å²) in [6.07, 6.45) is 0.958. The van der Waals surface area contributed by atoms with Crippen molar-refractivity contribution in [2.24, 2.45) is 0 Å². The summed E-state index contributed by atoms with van der Waals surface area (Å²) in [5.41, 5.74) is 0.860. The van der Waals surface area contributed by atoms with Crippen LogP contribution < -0.4 is 4.74 Å². The molecule has 1 radical (unpaired) electrons. The third kappa shape index (κ3) is 2.72. The zero-order valence-corrected chi connectivity index (χ0v) is 8.93. The highest BCUT2D eigenvalue weighted by molar-refractivity contribution is 5.42. The van der Waals surface area contributed by atoms with Gasteiger partial charge in [-0.15, -0.1) is 0 Å². The lowest BCUT2D eigenvalue weighted by Gasteiger charge is -2.12. The normalized spacial score (nSPS) is 10.6. The third-order valence-corrected chi connectivity index (χ3v) is 1.94. The van der Waals surface area contributed by atoms with E-state index in [0.29, 0.717) is 6.61 Å². The lowest BCUT2D eigenvalue weighted by Crippen LogP contribution is -2.01. The minimum atomic E-state index is -0.218. The number of hydrogen-bond acceptors (Lipinski definition) is 1. The van der Waals surface area contributed by atoms with Gasteiger partial charge >= 0.3 is 0 Å². The molecule has 0 unspecified atom stereocenters. The molecule has 0 aliphatic rings. The van der Waals surface area contributed by atoms with Crippen LogP contribution in [0.3, 0.4) is 0 Å². The molecule has 1 aromatic carbocycles. The van der Waals surface area contributed by atoms with Crippen molar-refractivity contribution in [3.8, 4) is 5.75 Å². The standard InChI is InChI=1S/C12H16FO/c1-4-7-14-12-6-5-10(13)8-11(12)9(2)3/h5-6,8H,4,7H2,1-3H3. The van der Waals surface area contributed by atoms with E-state index in [-0.39, 0.29) is 5.82 Å². The van der Waals surface area contributed by atoms with Crippen LogP contribution in [0.2, 0.25) is 0 Å². The van der Waals surface area contributed by atoms with Gasteiger partial charge in [0.2, 0.25) is 0 Å². The maximum atomic E-state index is 13.0. The van der Waals surface area contributed by atoms with Gasteiger partial charge in [-0.2, -0.15) is 0 Å². The minimum Gasteiger partial charge on any atom is -0.493 e. The summed E-state index contributed by atoms with van der Waals surface area (Å²) in [5, 5.41) is 0. The first-order valence-electron chi connectivity index (χ1n) is 4.88. The van der Waals surface area contributed by atoms with Crippen LogP contribution in [0.1, 0.15) is 32.8 Å². The van der Waals surface area contributed by atoms with E-state index in [1.54, 1.807) is 6.07 Å². The SMILES string of the molecule is CCCOc1ccc(F)cc1[C](C)C. The fraction of sp³-hybridized carbons (Fsp3) is 0.417. The van der Waals surface area contributed by atoms with Crippen LogP contribution >= 0.6 is 0 Å². The molecule has 0 N–H and O–H groups in total. The molecule has 0 fully saturated rings. The van der Waals surface area contributed by atoms with E-state index in [1.807, 2.05) is 20.8 Å². The monoisotopic (exact) mass is 195 g/mol. The fourth-order valence-corrected chi connectivity index (χ4v) is 1.23. The van der Waals surface area contributed by atoms with Gasteiger partial charge in [0.25, 0.3) is 0 Å². The number of ether oxygens (including phenoxy) is 1. The molecule has 0 atom stereocenters. The molecule has 14 heavy (non-hydrogen) atoms. The second-order valence-corrected chi connectivity index (χ2v) is 3.49. The summed E-state index contributed by atoms with van der Waals surface area (Å²) in [5.74, 6) is 1.62. The van der Waals surface area contributed by atoms with Crippen molar-refractivity contribution in [1.82, 2.24) is 0 Å². The molecule has 1 nitrogen and oxygen atoms in total. The van der Waals surface area contributed by atoms with Crippen molar-refractivity contribution in [3.63, 3.8) is 0 Å². The van der Waals surface area contributed by atoms with Gasteiger partial charge in [-0.3, -0.25) is 0 Å². The Morgan fingerprint density at radius 2 is 2.07 bits per heavy atom. The number of rotatable bonds is 4. The van der Waals surface area contributed by atoms with E-state index >= 15 is 0 Å². The summed E-state index contributed by atoms with van der Waals surface area (Å²) in [6, 6.07) is 4.63. The summed E-state index contributed by atoms with van der Waals surface area (Å²) in [6.45, 7) is 6.62. The van der Waals surface area contributed by atoms with Crippen molar-refractivity contribution in [1.29, 1.82) is 0 Å². The van der Waals surface area contributed by atoms with Crippen LogP contribution in [-0.2, 0) is 0 Å². The molecule has 0 spiro atoms. The van der Waals surface area contributed by atoms with Crippen LogP contribution in [0.5, 0.6) is 5.75 Å². The maximum absolute atomic E-state index is 13.0. The van der Waals surface area contributed by atoms with E-state index in [1.165, 1.54) is 12.1 Å². The Kier molecular flexibility index (Phi) is 3.93. The largest absolute Gasteiger partial charge is 0.493 e. The molecule has 1 rings (SSSR count). The Morgan fingerprint density at radius 1 is 1.36 bits per heavy atom. The molecule has 0 aliphatic carbocycles. The Morgan fingerprint density at radius 3 is 2.64 bits per heavy atom. The quantitative estimate of drug-likeness (QED) is 0.713. The lowest BCUT2D eigenvalue weighted by molar-refractivity contribution is 0.314. The molecular weight excluding hydrogens is 179 g/mol. The highest BCUT2D eigenvalue weighted by atomic mass is 19.1. The van der Waals surface area contributed by atoms with Crippen LogP contribution in [0.25, 0.3) is 0 Å². The fourth-order valence-electron chi connectivity index (χ4n) is 1.23. The zero-order chi connectivity index (χ0) is 10.6. The lowest BCUT2D eigenvalue weighted by atomic mass is 10.0. The van der Waals surface area contributed by atoms with Gasteiger partial charge < -0.3 is 4.74 Å². The van der Waals surface area contributed by atoms with Crippen molar-refractivity contribution in [3.05, 3.63) is 35.5 Å². The average molecular weight is 195 g/mol. The Hall–Kier alpha value is -1.05. The maximum Gasteiger partial charge on any atom is 0.123 e. The molecule has 0 aliphatic heterocycles. The van der Waals surface area contributed by atoms with E-state index in [2.05, 4.69) is 0 Å². The third-order valence-electron chi connectivity index (χ3n) is 1.94. The van der Waals surface area contributed by atoms with Crippen LogP contribution in [0.15, 0.2) is 18.2 Å². The second-order valence-electron chi connectivity index (χ2n) is 3.49. The summed E-state index contributed by atoms with van der Waals surface area (Å²) >= 11 is 0. The summed E-state index contributed by atoms with van der Waals surface area (Å²) < 4.78 is 18.5. The van der Waals surface area contributed by atoms with Gasteiger partial charge in [0.1, 0.15) is 11.6 Å². The summed E-state index contributed by atoms with van der Waals surface area (Å²) in [7, 11) is 0. The topological polar surface area (TPSA) is 9.23 Å². The minimum absolute atomic E-state index is 0.218. The van der Waals surface area contributed by atoms with Gasteiger partial charge in [0.05, 0.1) is 6.61 Å². The smallest absolute Gasteiger partial charge is 0.123 e. The Balaban J connectivity index is 2.90. The second kappa shape index (κ2) is 4.99. The van der Waals surface area contributed by atoms with E-state index in [4.69, 9.17) is 4.74 Å². The molecule has 1 aromatic rings. The van der Waals surface area contributed by atoms with Crippen LogP contribution in [0, 0.1) is 11.7 Å². The molecule has 0 bridgehead atoms. The molecular formula is C12H16FO. The van der Waals surface area contributed by atoms with Gasteiger partial charge in [0.15, 0.2) is 0 Å².